The Hall–Kier alpha value is -3.27. The van der Waals surface area contributed by atoms with Crippen LogP contribution in [0, 0.1) is 11.7 Å². The van der Waals surface area contributed by atoms with Crippen molar-refractivity contribution in [2.75, 3.05) is 25.0 Å². The van der Waals surface area contributed by atoms with Crippen LogP contribution in [0.1, 0.15) is 56.6 Å². The fourth-order valence-corrected chi connectivity index (χ4v) is 6.42. The van der Waals surface area contributed by atoms with Crippen molar-refractivity contribution in [1.82, 2.24) is 15.1 Å². The number of nitrogens with one attached hydrogen (secondary N) is 2. The minimum Gasteiger partial charge on any atom is -0.390 e. The average Bonchev–Trinajstić information content (AvgIpc) is 3.53. The number of allylic oxidation sites excluding steroid dienone is 2. The third-order valence-electron chi connectivity index (χ3n) is 8.97. The normalized spacial score (nSPS) is 21.0. The van der Waals surface area contributed by atoms with Crippen LogP contribution < -0.4 is 10.6 Å². The van der Waals surface area contributed by atoms with E-state index in [1.54, 1.807) is 17.0 Å². The van der Waals surface area contributed by atoms with Crippen molar-refractivity contribution in [1.29, 1.82) is 0 Å². The average molecular weight is 613 g/mol. The van der Waals surface area contributed by atoms with E-state index in [1.165, 1.54) is 12.1 Å². The molecule has 2 aromatic carbocycles. The van der Waals surface area contributed by atoms with Gasteiger partial charge >= 0.3 is 0 Å². The van der Waals surface area contributed by atoms with Gasteiger partial charge in [-0.05, 0) is 73.4 Å². The Labute approximate surface area is 259 Å². The molecule has 2 heterocycles. The van der Waals surface area contributed by atoms with Crippen molar-refractivity contribution in [3.05, 3.63) is 77.6 Å². The highest BCUT2D eigenvalue weighted by Gasteiger charge is 2.55. The summed E-state index contributed by atoms with van der Waals surface area (Å²) in [6, 6.07) is 12.7. The van der Waals surface area contributed by atoms with Crippen LogP contribution in [-0.4, -0.2) is 69.9 Å². The van der Waals surface area contributed by atoms with Gasteiger partial charge < -0.3 is 20.6 Å². The van der Waals surface area contributed by atoms with Crippen LogP contribution in [0.25, 0.3) is 0 Å². The number of unbranched alkanes of at least 4 members (excludes halogenated alkanes) is 1. The second-order valence-electron chi connectivity index (χ2n) is 11.8. The zero-order chi connectivity index (χ0) is 29.7. The van der Waals surface area contributed by atoms with Crippen LogP contribution in [0.4, 0.5) is 10.1 Å². The SMILES string of the molecule is CCCCN1C(=O)[C@@H]([C@H](O)C2CC=CC2)NC(=O)C12CCN(Cc1ccc(NC(=O)Cc3ccc(F)cc3)cc1)CC2.Cl. The number of benzene rings is 2. The lowest BCUT2D eigenvalue weighted by atomic mass is 9.79. The van der Waals surface area contributed by atoms with Gasteiger partial charge in [-0.3, -0.25) is 19.3 Å². The number of hydrogen-bond donors (Lipinski definition) is 3. The van der Waals surface area contributed by atoms with E-state index in [2.05, 4.69) is 22.5 Å². The van der Waals surface area contributed by atoms with Crippen molar-refractivity contribution >= 4 is 35.8 Å². The molecule has 232 valence electrons. The predicted molar refractivity (Wildman–Crippen MR) is 166 cm³/mol. The number of amides is 3. The van der Waals surface area contributed by atoms with Crippen molar-refractivity contribution in [3.63, 3.8) is 0 Å². The van der Waals surface area contributed by atoms with E-state index in [9.17, 15) is 23.9 Å². The predicted octanol–water partition coefficient (Wildman–Crippen LogP) is 4.22. The molecule has 2 fully saturated rings. The summed E-state index contributed by atoms with van der Waals surface area (Å²) < 4.78 is 13.1. The van der Waals surface area contributed by atoms with E-state index >= 15 is 0 Å². The standard InChI is InChI=1S/C33H41FN4O4.ClH/c1-2-3-18-38-31(41)29(30(40)25-6-4-5-7-25)36-32(42)33(38)16-19-37(20-17-33)22-24-10-14-27(15-11-24)35-28(39)21-23-8-12-26(34)13-9-23;/h4-5,8-15,25,29-30,40H,2-3,6-7,16-22H2,1H3,(H,35,39)(H,36,42);1H/t29-,30-;/m1./s1. The van der Waals surface area contributed by atoms with Crippen LogP contribution in [0.5, 0.6) is 0 Å². The third-order valence-corrected chi connectivity index (χ3v) is 8.97. The van der Waals surface area contributed by atoms with Gasteiger partial charge in [-0.25, -0.2) is 4.39 Å². The Bertz CT molecular complexity index is 1290. The Morgan fingerprint density at radius 2 is 1.67 bits per heavy atom. The highest BCUT2D eigenvalue weighted by molar-refractivity contribution is 6.00. The fraction of sp³-hybridized carbons (Fsp3) is 0.485. The minimum absolute atomic E-state index is 0. The molecule has 1 spiro atoms. The smallest absolute Gasteiger partial charge is 0.248 e. The van der Waals surface area contributed by atoms with Crippen LogP contribution in [0.2, 0.25) is 0 Å². The lowest BCUT2D eigenvalue weighted by Crippen LogP contribution is -2.75. The summed E-state index contributed by atoms with van der Waals surface area (Å²) >= 11 is 0. The van der Waals surface area contributed by atoms with E-state index in [-0.39, 0.29) is 48.3 Å². The summed E-state index contributed by atoms with van der Waals surface area (Å²) in [5.74, 6) is -0.846. The van der Waals surface area contributed by atoms with Gasteiger partial charge in [0, 0.05) is 31.9 Å². The summed E-state index contributed by atoms with van der Waals surface area (Å²) in [7, 11) is 0. The molecular weight excluding hydrogens is 571 g/mol. The molecule has 2 saturated heterocycles. The van der Waals surface area contributed by atoms with Crippen LogP contribution in [0.15, 0.2) is 60.7 Å². The van der Waals surface area contributed by atoms with Gasteiger partial charge in [-0.1, -0.05) is 49.8 Å². The van der Waals surface area contributed by atoms with Crippen LogP contribution in [0.3, 0.4) is 0 Å². The molecule has 3 N–H and O–H groups in total. The number of aliphatic hydroxyl groups excluding tert-OH is 1. The second kappa shape index (κ2) is 14.5. The molecule has 3 amide bonds. The fourth-order valence-electron chi connectivity index (χ4n) is 6.42. The highest BCUT2D eigenvalue weighted by Crippen LogP contribution is 2.36. The number of nitrogens with zero attached hydrogens (tertiary/aromatic N) is 2. The molecule has 5 rings (SSSR count). The molecule has 0 aromatic heterocycles. The quantitative estimate of drug-likeness (QED) is 0.349. The first-order valence-corrected chi connectivity index (χ1v) is 15.1. The number of likely N-dealkylation sites (tertiary alicyclic amines) is 1. The zero-order valence-electron chi connectivity index (χ0n) is 24.6. The van der Waals surface area contributed by atoms with Gasteiger partial charge in [0.25, 0.3) is 0 Å². The molecule has 0 radical (unpaired) electrons. The molecule has 8 nitrogen and oxygen atoms in total. The lowest BCUT2D eigenvalue weighted by molar-refractivity contribution is -0.165. The summed E-state index contributed by atoms with van der Waals surface area (Å²) in [4.78, 5) is 43.8. The highest BCUT2D eigenvalue weighted by atomic mass is 35.5. The number of carbonyl (C=O) groups is 3. The lowest BCUT2D eigenvalue weighted by Gasteiger charge is -2.52. The second-order valence-corrected chi connectivity index (χ2v) is 11.8. The van der Waals surface area contributed by atoms with E-state index in [4.69, 9.17) is 0 Å². The van der Waals surface area contributed by atoms with Gasteiger partial charge in [0.1, 0.15) is 17.4 Å². The Morgan fingerprint density at radius 3 is 2.30 bits per heavy atom. The number of piperidine rings is 1. The van der Waals surface area contributed by atoms with Gasteiger partial charge in [-0.2, -0.15) is 0 Å². The number of rotatable bonds is 10. The maximum absolute atomic E-state index is 13.7. The molecule has 2 aliphatic heterocycles. The largest absolute Gasteiger partial charge is 0.390 e. The van der Waals surface area contributed by atoms with E-state index in [0.717, 1.165) is 36.8 Å². The topological polar surface area (TPSA) is 102 Å². The molecule has 43 heavy (non-hydrogen) atoms. The maximum Gasteiger partial charge on any atom is 0.248 e. The molecule has 1 aliphatic carbocycles. The van der Waals surface area contributed by atoms with Gasteiger partial charge in [0.05, 0.1) is 12.5 Å². The first kappa shape index (κ1) is 32.6. The Kier molecular flexibility index (Phi) is 11.0. The monoisotopic (exact) mass is 612 g/mol. The van der Waals surface area contributed by atoms with Crippen LogP contribution in [-0.2, 0) is 27.3 Å². The summed E-state index contributed by atoms with van der Waals surface area (Å²) in [5, 5.41) is 16.8. The summed E-state index contributed by atoms with van der Waals surface area (Å²) in [6.07, 6.45) is 7.57. The molecule has 0 saturated carbocycles. The summed E-state index contributed by atoms with van der Waals surface area (Å²) in [6.45, 7) is 4.62. The number of piperazine rings is 1. The number of halogens is 2. The third kappa shape index (κ3) is 7.45. The number of aliphatic hydroxyl groups is 1. The molecule has 0 unspecified atom stereocenters. The Morgan fingerprint density at radius 1 is 1.05 bits per heavy atom. The van der Waals surface area contributed by atoms with Crippen LogP contribution >= 0.6 is 12.4 Å². The number of carbonyl (C=O) groups excluding carboxylic acids is 3. The molecule has 10 heteroatoms. The maximum atomic E-state index is 13.7. The molecular formula is C33H42ClFN4O4. The van der Waals surface area contributed by atoms with E-state index in [1.807, 2.05) is 36.4 Å². The first-order chi connectivity index (χ1) is 20.3. The van der Waals surface area contributed by atoms with Crippen molar-refractivity contribution < 1.29 is 23.9 Å². The van der Waals surface area contributed by atoms with Gasteiger partial charge in [0.15, 0.2) is 0 Å². The molecule has 3 aliphatic rings. The number of hydrogen-bond acceptors (Lipinski definition) is 5. The van der Waals surface area contributed by atoms with Crippen molar-refractivity contribution in [3.8, 4) is 0 Å². The number of anilines is 1. The summed E-state index contributed by atoms with van der Waals surface area (Å²) in [5.41, 5.74) is 1.64. The Balaban J connectivity index is 0.00000423. The minimum atomic E-state index is -0.895. The van der Waals surface area contributed by atoms with Gasteiger partial charge in [-0.15, -0.1) is 12.4 Å². The van der Waals surface area contributed by atoms with Crippen molar-refractivity contribution in [2.45, 2.75) is 76.1 Å². The molecule has 0 bridgehead atoms. The van der Waals surface area contributed by atoms with Gasteiger partial charge in [0.2, 0.25) is 17.7 Å². The molecule has 2 atom stereocenters. The van der Waals surface area contributed by atoms with E-state index in [0.29, 0.717) is 44.7 Å². The zero-order valence-corrected chi connectivity index (χ0v) is 25.5. The van der Waals surface area contributed by atoms with E-state index < -0.39 is 17.7 Å². The molecule has 2 aromatic rings. The van der Waals surface area contributed by atoms with Crippen molar-refractivity contribution in [2.24, 2.45) is 5.92 Å². The first-order valence-electron chi connectivity index (χ1n) is 15.1.